The number of carbonyl (C=O) groups excluding carboxylic acids is 1. The molecule has 2 aromatic rings. The van der Waals surface area contributed by atoms with Crippen molar-refractivity contribution in [2.24, 2.45) is 0 Å². The molecular weight excluding hydrogens is 334 g/mol. The Morgan fingerprint density at radius 3 is 2.48 bits per heavy atom. The summed E-state index contributed by atoms with van der Waals surface area (Å²) < 4.78 is 0. The number of amides is 1. The molecule has 2 aromatic carbocycles. The Balaban J connectivity index is 1.67. The minimum absolute atomic E-state index is 0.0299. The second kappa shape index (κ2) is 9.05. The molecule has 1 amide bonds. The van der Waals surface area contributed by atoms with E-state index in [0.717, 1.165) is 30.9 Å². The summed E-state index contributed by atoms with van der Waals surface area (Å²) in [5.41, 5.74) is 4.57. The lowest BCUT2D eigenvalue weighted by Gasteiger charge is -2.32. The maximum atomic E-state index is 12.7. The Bertz CT molecular complexity index is 768. The number of hydrogen-bond donors (Lipinski definition) is 1. The molecule has 1 saturated heterocycles. The fourth-order valence-corrected chi connectivity index (χ4v) is 3.64. The zero-order valence-electron chi connectivity index (χ0n) is 16.7. The number of likely N-dealkylation sites (N-methyl/N-ethyl adjacent to an activating group) is 1. The number of hydrogen-bond acceptors (Lipinski definition) is 3. The first-order valence-electron chi connectivity index (χ1n) is 9.96. The van der Waals surface area contributed by atoms with Crippen LogP contribution in [0.15, 0.2) is 48.5 Å². The average molecular weight is 366 g/mol. The molecule has 3 rings (SSSR count). The third kappa shape index (κ3) is 4.89. The zero-order valence-corrected chi connectivity index (χ0v) is 16.7. The van der Waals surface area contributed by atoms with E-state index in [9.17, 15) is 4.79 Å². The van der Waals surface area contributed by atoms with Gasteiger partial charge in [-0.3, -0.25) is 9.69 Å². The van der Waals surface area contributed by atoms with Gasteiger partial charge >= 0.3 is 0 Å². The maximum Gasteiger partial charge on any atom is 0.241 e. The van der Waals surface area contributed by atoms with Crippen LogP contribution >= 0.6 is 0 Å². The van der Waals surface area contributed by atoms with Crippen LogP contribution in [-0.2, 0) is 11.3 Å². The summed E-state index contributed by atoms with van der Waals surface area (Å²) in [6.45, 7) is 7.00. The van der Waals surface area contributed by atoms with Crippen LogP contribution in [-0.4, -0.2) is 37.0 Å². The second-order valence-electron chi connectivity index (χ2n) is 7.57. The topological polar surface area (TPSA) is 35.6 Å². The molecule has 0 unspecified atom stereocenters. The van der Waals surface area contributed by atoms with E-state index in [2.05, 4.69) is 39.4 Å². The Morgan fingerprint density at radius 1 is 1.07 bits per heavy atom. The predicted molar refractivity (Wildman–Crippen MR) is 113 cm³/mol. The summed E-state index contributed by atoms with van der Waals surface area (Å²) >= 11 is 0. The van der Waals surface area contributed by atoms with E-state index in [4.69, 9.17) is 0 Å². The number of anilines is 2. The normalized spacial score (nSPS) is 15.6. The van der Waals surface area contributed by atoms with Crippen LogP contribution in [0.1, 0.15) is 37.3 Å². The monoisotopic (exact) mass is 365 g/mol. The Labute approximate surface area is 163 Å². The SMILES string of the molecule is Cc1ccccc1NC(=O)[C@@H](C)N(C)Cc1ccccc1N1CCCCC1. The number of rotatable bonds is 6. The van der Waals surface area contributed by atoms with E-state index in [0.29, 0.717) is 0 Å². The van der Waals surface area contributed by atoms with Gasteiger partial charge in [-0.15, -0.1) is 0 Å². The van der Waals surface area contributed by atoms with Gasteiger partial charge in [-0.05, 0) is 63.4 Å². The number of carbonyl (C=O) groups is 1. The molecule has 0 aromatic heterocycles. The molecule has 1 heterocycles. The third-order valence-electron chi connectivity index (χ3n) is 5.55. The van der Waals surface area contributed by atoms with Crippen molar-refractivity contribution in [1.29, 1.82) is 0 Å². The smallest absolute Gasteiger partial charge is 0.241 e. The van der Waals surface area contributed by atoms with Gasteiger partial charge in [0.1, 0.15) is 0 Å². The molecule has 1 fully saturated rings. The Hall–Kier alpha value is -2.33. The molecule has 4 heteroatoms. The van der Waals surface area contributed by atoms with Crippen LogP contribution in [0.25, 0.3) is 0 Å². The van der Waals surface area contributed by atoms with Gasteiger partial charge in [0.2, 0.25) is 5.91 Å². The van der Waals surface area contributed by atoms with E-state index >= 15 is 0 Å². The van der Waals surface area contributed by atoms with Gasteiger partial charge in [-0.25, -0.2) is 0 Å². The fraction of sp³-hybridized carbons (Fsp3) is 0.435. The lowest BCUT2D eigenvalue weighted by Crippen LogP contribution is -2.39. The molecule has 0 bridgehead atoms. The molecule has 1 N–H and O–H groups in total. The van der Waals surface area contributed by atoms with Crippen molar-refractivity contribution >= 4 is 17.3 Å². The van der Waals surface area contributed by atoms with Crippen molar-refractivity contribution in [2.75, 3.05) is 30.4 Å². The van der Waals surface area contributed by atoms with Crippen LogP contribution in [0, 0.1) is 6.92 Å². The molecule has 1 aliphatic rings. The summed E-state index contributed by atoms with van der Waals surface area (Å²) in [6, 6.07) is 16.3. The van der Waals surface area contributed by atoms with Crippen LogP contribution in [0.2, 0.25) is 0 Å². The minimum atomic E-state index is -0.209. The molecule has 0 saturated carbocycles. The minimum Gasteiger partial charge on any atom is -0.371 e. The first kappa shape index (κ1) is 19.4. The van der Waals surface area contributed by atoms with Crippen molar-refractivity contribution in [3.8, 4) is 0 Å². The standard InChI is InChI=1S/C23H31N3O/c1-18-11-5-7-13-21(18)24-23(27)19(2)25(3)17-20-12-6-8-14-22(20)26-15-9-4-10-16-26/h5-8,11-14,19H,4,9-10,15-17H2,1-3H3,(H,24,27)/t19-/m1/s1. The lowest BCUT2D eigenvalue weighted by molar-refractivity contribution is -0.120. The lowest BCUT2D eigenvalue weighted by atomic mass is 10.1. The van der Waals surface area contributed by atoms with E-state index < -0.39 is 0 Å². The van der Waals surface area contributed by atoms with Gasteiger partial charge < -0.3 is 10.2 Å². The van der Waals surface area contributed by atoms with Crippen molar-refractivity contribution < 1.29 is 4.79 Å². The van der Waals surface area contributed by atoms with Gasteiger partial charge in [-0.2, -0.15) is 0 Å². The van der Waals surface area contributed by atoms with Crippen LogP contribution < -0.4 is 10.2 Å². The fourth-order valence-electron chi connectivity index (χ4n) is 3.64. The quantitative estimate of drug-likeness (QED) is 0.822. The van der Waals surface area contributed by atoms with Gasteiger partial charge in [0.15, 0.2) is 0 Å². The molecule has 27 heavy (non-hydrogen) atoms. The summed E-state index contributed by atoms with van der Waals surface area (Å²) in [5, 5.41) is 3.06. The molecule has 144 valence electrons. The van der Waals surface area contributed by atoms with E-state index in [1.54, 1.807) is 0 Å². The number of piperidine rings is 1. The van der Waals surface area contributed by atoms with Gasteiger partial charge in [-0.1, -0.05) is 36.4 Å². The molecule has 0 spiro atoms. The Kier molecular flexibility index (Phi) is 6.51. The number of nitrogens with one attached hydrogen (secondary N) is 1. The van der Waals surface area contributed by atoms with Crippen LogP contribution in [0.4, 0.5) is 11.4 Å². The maximum absolute atomic E-state index is 12.7. The summed E-state index contributed by atoms with van der Waals surface area (Å²) in [7, 11) is 2.02. The van der Waals surface area contributed by atoms with Gasteiger partial charge in [0.25, 0.3) is 0 Å². The summed E-state index contributed by atoms with van der Waals surface area (Å²) in [6.07, 6.45) is 3.85. The molecule has 0 radical (unpaired) electrons. The highest BCUT2D eigenvalue weighted by Gasteiger charge is 2.21. The van der Waals surface area contributed by atoms with Crippen molar-refractivity contribution in [1.82, 2.24) is 4.90 Å². The highest BCUT2D eigenvalue weighted by atomic mass is 16.2. The first-order valence-corrected chi connectivity index (χ1v) is 9.96. The van der Waals surface area contributed by atoms with Gasteiger partial charge in [0.05, 0.1) is 6.04 Å². The van der Waals surface area contributed by atoms with E-state index in [1.165, 1.54) is 30.5 Å². The zero-order chi connectivity index (χ0) is 19.2. The van der Waals surface area contributed by atoms with Crippen molar-refractivity contribution in [3.05, 3.63) is 59.7 Å². The number of para-hydroxylation sites is 2. The molecule has 0 aliphatic carbocycles. The largest absolute Gasteiger partial charge is 0.371 e. The highest BCUT2D eigenvalue weighted by molar-refractivity contribution is 5.95. The van der Waals surface area contributed by atoms with Crippen molar-refractivity contribution in [3.63, 3.8) is 0 Å². The van der Waals surface area contributed by atoms with Gasteiger partial charge in [0, 0.05) is 31.0 Å². The van der Waals surface area contributed by atoms with Crippen LogP contribution in [0.3, 0.4) is 0 Å². The number of nitrogens with zero attached hydrogens (tertiary/aromatic N) is 2. The molecule has 1 atom stereocenters. The molecule has 4 nitrogen and oxygen atoms in total. The van der Waals surface area contributed by atoms with Crippen molar-refractivity contribution in [2.45, 2.75) is 45.7 Å². The Morgan fingerprint density at radius 2 is 1.74 bits per heavy atom. The third-order valence-corrected chi connectivity index (χ3v) is 5.55. The molecule has 1 aliphatic heterocycles. The number of benzene rings is 2. The van der Waals surface area contributed by atoms with E-state index in [-0.39, 0.29) is 11.9 Å². The predicted octanol–water partition coefficient (Wildman–Crippen LogP) is 4.44. The number of aryl methyl sites for hydroxylation is 1. The second-order valence-corrected chi connectivity index (χ2v) is 7.57. The molecular formula is C23H31N3O. The summed E-state index contributed by atoms with van der Waals surface area (Å²) in [5.74, 6) is 0.0299. The van der Waals surface area contributed by atoms with E-state index in [1.807, 2.05) is 45.2 Å². The first-order chi connectivity index (χ1) is 13.1. The average Bonchev–Trinajstić information content (AvgIpc) is 2.70. The highest BCUT2D eigenvalue weighted by Crippen LogP contribution is 2.25. The summed E-state index contributed by atoms with van der Waals surface area (Å²) in [4.78, 5) is 17.3. The van der Waals surface area contributed by atoms with Crippen LogP contribution in [0.5, 0.6) is 0 Å².